The van der Waals surface area contributed by atoms with Gasteiger partial charge < -0.3 is 10.3 Å². The number of allylic oxidation sites excluding steroid dienone is 1. The number of nitrogens with two attached hydrogens (primary N) is 1. The molecule has 2 saturated carbocycles. The predicted molar refractivity (Wildman–Crippen MR) is 86.2 cm³/mol. The minimum atomic E-state index is 0.590. The van der Waals surface area contributed by atoms with E-state index in [9.17, 15) is 0 Å². The average molecular weight is 279 g/mol. The van der Waals surface area contributed by atoms with Crippen LogP contribution in [0.2, 0.25) is 0 Å². The van der Waals surface area contributed by atoms with Gasteiger partial charge >= 0.3 is 0 Å². The summed E-state index contributed by atoms with van der Waals surface area (Å²) in [6.45, 7) is 4.58. The van der Waals surface area contributed by atoms with Crippen molar-refractivity contribution in [2.75, 3.05) is 5.73 Å². The molecule has 2 N–H and O–H groups in total. The number of benzene rings is 1. The van der Waals surface area contributed by atoms with E-state index >= 15 is 0 Å². The Hall–Kier alpha value is -2.03. The Morgan fingerprint density at radius 3 is 2.67 bits per heavy atom. The third kappa shape index (κ3) is 2.27. The molecule has 2 fully saturated rings. The van der Waals surface area contributed by atoms with Crippen molar-refractivity contribution in [3.8, 4) is 11.3 Å². The van der Waals surface area contributed by atoms with Gasteiger partial charge in [-0.15, -0.1) is 6.58 Å². The molecule has 0 spiro atoms. The number of nitrogen functional groups attached to an aromatic ring is 1. The van der Waals surface area contributed by atoms with Crippen LogP contribution in [0.4, 0.5) is 5.82 Å². The van der Waals surface area contributed by atoms with Crippen molar-refractivity contribution in [3.63, 3.8) is 0 Å². The maximum absolute atomic E-state index is 6.38. The largest absolute Gasteiger partial charge is 0.383 e. The Morgan fingerprint density at radius 1 is 1.24 bits per heavy atom. The SMILES string of the molecule is C=CCn1c(C2CC2)nc(-c2cccc(C3CC3)c2)c1N. The lowest BCUT2D eigenvalue weighted by Crippen LogP contribution is -2.05. The molecule has 2 aromatic rings. The summed E-state index contributed by atoms with van der Waals surface area (Å²) in [5.74, 6) is 3.26. The maximum atomic E-state index is 6.38. The third-order valence-electron chi connectivity index (χ3n) is 4.50. The number of imidazole rings is 1. The van der Waals surface area contributed by atoms with E-state index in [-0.39, 0.29) is 0 Å². The molecule has 0 atom stereocenters. The van der Waals surface area contributed by atoms with Crippen LogP contribution in [0.5, 0.6) is 0 Å². The van der Waals surface area contributed by atoms with Crippen molar-refractivity contribution >= 4 is 5.82 Å². The lowest BCUT2D eigenvalue weighted by atomic mass is 10.1. The second kappa shape index (κ2) is 4.76. The lowest BCUT2D eigenvalue weighted by Gasteiger charge is -2.06. The molecule has 3 heteroatoms. The van der Waals surface area contributed by atoms with Crippen LogP contribution in [0.15, 0.2) is 36.9 Å². The Balaban J connectivity index is 1.78. The first-order valence-electron chi connectivity index (χ1n) is 7.85. The van der Waals surface area contributed by atoms with E-state index < -0.39 is 0 Å². The van der Waals surface area contributed by atoms with Gasteiger partial charge in [0, 0.05) is 18.0 Å². The standard InChI is InChI=1S/C18H21N3/c1-2-10-21-17(19)16(20-18(21)13-8-9-13)15-5-3-4-14(11-15)12-6-7-12/h2-5,11-13H,1,6-10,19H2. The molecule has 0 radical (unpaired) electrons. The maximum Gasteiger partial charge on any atom is 0.132 e. The highest BCUT2D eigenvalue weighted by Crippen LogP contribution is 2.44. The van der Waals surface area contributed by atoms with Crippen molar-refractivity contribution in [2.24, 2.45) is 0 Å². The zero-order valence-electron chi connectivity index (χ0n) is 12.3. The first-order chi connectivity index (χ1) is 10.3. The zero-order chi connectivity index (χ0) is 14.4. The van der Waals surface area contributed by atoms with E-state index in [0.29, 0.717) is 5.92 Å². The number of aromatic nitrogens is 2. The van der Waals surface area contributed by atoms with Gasteiger partial charge in [0.2, 0.25) is 0 Å². The fourth-order valence-electron chi connectivity index (χ4n) is 3.03. The van der Waals surface area contributed by atoms with Gasteiger partial charge in [0.25, 0.3) is 0 Å². The van der Waals surface area contributed by atoms with Gasteiger partial charge in [-0.25, -0.2) is 4.98 Å². The van der Waals surface area contributed by atoms with E-state index in [0.717, 1.165) is 35.4 Å². The third-order valence-corrected chi connectivity index (χ3v) is 4.50. The van der Waals surface area contributed by atoms with Gasteiger partial charge in [-0.2, -0.15) is 0 Å². The second-order valence-corrected chi connectivity index (χ2v) is 6.28. The van der Waals surface area contributed by atoms with Crippen LogP contribution in [0.25, 0.3) is 11.3 Å². The highest BCUT2D eigenvalue weighted by molar-refractivity contribution is 5.72. The predicted octanol–water partition coefficient (Wildman–Crippen LogP) is 4.07. The molecule has 0 aliphatic heterocycles. The van der Waals surface area contributed by atoms with Gasteiger partial charge in [-0.1, -0.05) is 24.3 Å². The van der Waals surface area contributed by atoms with Crippen molar-refractivity contribution in [3.05, 3.63) is 48.3 Å². The Morgan fingerprint density at radius 2 is 2.00 bits per heavy atom. The van der Waals surface area contributed by atoms with Gasteiger partial charge in [0.1, 0.15) is 17.3 Å². The van der Waals surface area contributed by atoms with Crippen LogP contribution in [0.1, 0.15) is 48.9 Å². The molecule has 0 amide bonds. The molecule has 4 rings (SSSR count). The smallest absolute Gasteiger partial charge is 0.132 e. The van der Waals surface area contributed by atoms with Crippen LogP contribution in [0.3, 0.4) is 0 Å². The molecule has 2 aliphatic carbocycles. The van der Waals surface area contributed by atoms with Crippen molar-refractivity contribution in [1.29, 1.82) is 0 Å². The molecule has 1 aromatic carbocycles. The molecular weight excluding hydrogens is 258 g/mol. The zero-order valence-corrected chi connectivity index (χ0v) is 12.3. The van der Waals surface area contributed by atoms with Gasteiger partial charge in [0.05, 0.1) is 0 Å². The number of hydrogen-bond donors (Lipinski definition) is 1. The molecule has 108 valence electrons. The first-order valence-corrected chi connectivity index (χ1v) is 7.85. The van der Waals surface area contributed by atoms with Crippen LogP contribution < -0.4 is 5.73 Å². The highest BCUT2D eigenvalue weighted by Gasteiger charge is 2.31. The van der Waals surface area contributed by atoms with E-state index in [1.54, 1.807) is 0 Å². The summed E-state index contributed by atoms with van der Waals surface area (Å²) in [7, 11) is 0. The quantitative estimate of drug-likeness (QED) is 0.838. The number of hydrogen-bond acceptors (Lipinski definition) is 2. The fourth-order valence-corrected chi connectivity index (χ4v) is 3.03. The minimum Gasteiger partial charge on any atom is -0.383 e. The normalized spacial score (nSPS) is 17.9. The molecular formula is C18H21N3. The molecule has 21 heavy (non-hydrogen) atoms. The molecule has 0 saturated heterocycles. The molecule has 2 aliphatic rings. The number of nitrogens with zero attached hydrogens (tertiary/aromatic N) is 2. The van der Waals surface area contributed by atoms with Crippen LogP contribution in [-0.4, -0.2) is 9.55 Å². The second-order valence-electron chi connectivity index (χ2n) is 6.28. The summed E-state index contributed by atoms with van der Waals surface area (Å²) in [6.07, 6.45) is 6.99. The van der Waals surface area contributed by atoms with E-state index in [2.05, 4.69) is 35.4 Å². The van der Waals surface area contributed by atoms with E-state index in [4.69, 9.17) is 10.7 Å². The van der Waals surface area contributed by atoms with Gasteiger partial charge in [-0.05, 0) is 43.2 Å². The van der Waals surface area contributed by atoms with Crippen LogP contribution in [-0.2, 0) is 6.54 Å². The Labute approximate surface area is 125 Å². The summed E-state index contributed by atoms with van der Waals surface area (Å²) in [5.41, 5.74) is 9.91. The minimum absolute atomic E-state index is 0.590. The Bertz CT molecular complexity index is 690. The molecule has 0 unspecified atom stereocenters. The summed E-state index contributed by atoms with van der Waals surface area (Å²) in [5, 5.41) is 0. The topological polar surface area (TPSA) is 43.8 Å². The molecule has 1 aromatic heterocycles. The monoisotopic (exact) mass is 279 g/mol. The van der Waals surface area contributed by atoms with Gasteiger partial charge in [-0.3, -0.25) is 0 Å². The van der Waals surface area contributed by atoms with Crippen LogP contribution >= 0.6 is 0 Å². The fraction of sp³-hybridized carbons (Fsp3) is 0.389. The van der Waals surface area contributed by atoms with Crippen molar-refractivity contribution in [2.45, 2.75) is 44.1 Å². The molecule has 1 heterocycles. The number of rotatable bonds is 5. The summed E-state index contributed by atoms with van der Waals surface area (Å²) in [6, 6.07) is 8.75. The first kappa shape index (κ1) is 12.7. The lowest BCUT2D eigenvalue weighted by molar-refractivity contribution is 0.750. The summed E-state index contributed by atoms with van der Waals surface area (Å²) in [4.78, 5) is 4.87. The molecule has 0 bridgehead atoms. The summed E-state index contributed by atoms with van der Waals surface area (Å²) < 4.78 is 2.13. The van der Waals surface area contributed by atoms with Gasteiger partial charge in [0.15, 0.2) is 0 Å². The average Bonchev–Trinajstić information content (AvgIpc) is 3.39. The summed E-state index contributed by atoms with van der Waals surface area (Å²) >= 11 is 0. The van der Waals surface area contributed by atoms with Crippen molar-refractivity contribution in [1.82, 2.24) is 9.55 Å². The van der Waals surface area contributed by atoms with E-state index in [1.165, 1.54) is 31.2 Å². The van der Waals surface area contributed by atoms with E-state index in [1.807, 2.05) is 6.08 Å². The molecule has 3 nitrogen and oxygen atoms in total. The van der Waals surface area contributed by atoms with Crippen molar-refractivity contribution < 1.29 is 0 Å². The highest BCUT2D eigenvalue weighted by atomic mass is 15.1. The van der Waals surface area contributed by atoms with Crippen LogP contribution in [0, 0.1) is 0 Å². The Kier molecular flexibility index (Phi) is 2.88. The number of anilines is 1.